The molecule has 0 N–H and O–H groups in total. The van der Waals surface area contributed by atoms with E-state index in [2.05, 4.69) is 31.2 Å². The number of esters is 1. The second kappa shape index (κ2) is 5.22. The molecular formula is C24H24O2. The molecule has 8 atom stereocenters. The SMILES string of the molecule is CC1C2CC(C1OC(=O)c1cccc3ccccc13)C1C3C=CC(C3)C21. The molecule has 2 nitrogen and oxygen atoms in total. The van der Waals surface area contributed by atoms with Gasteiger partial charge in [-0.1, -0.05) is 55.5 Å². The first-order valence-electron chi connectivity index (χ1n) is 10.1. The second-order valence-corrected chi connectivity index (χ2v) is 8.92. The van der Waals surface area contributed by atoms with Gasteiger partial charge in [-0.2, -0.15) is 0 Å². The number of carbonyl (C=O) groups excluding carboxylic acids is 1. The summed E-state index contributed by atoms with van der Waals surface area (Å²) in [5.74, 6) is 4.83. The summed E-state index contributed by atoms with van der Waals surface area (Å²) in [5.41, 5.74) is 0.711. The predicted octanol–water partition coefficient (Wildman–Crippen LogP) is 5.09. The minimum atomic E-state index is -0.138. The third-order valence-corrected chi connectivity index (χ3v) is 7.98. The highest BCUT2D eigenvalue weighted by Gasteiger charge is 2.64. The number of hydrogen-bond acceptors (Lipinski definition) is 2. The molecule has 0 saturated heterocycles. The van der Waals surface area contributed by atoms with Crippen LogP contribution in [-0.2, 0) is 4.74 Å². The standard InChI is InChI=1S/C24H24O2/c1-13-19-12-20(22-16-10-9-15(11-16)21(19)22)23(13)26-24(25)18-8-4-6-14-5-2-3-7-17(14)18/h2-10,13,15-16,19-23H,11-12H2,1H3. The smallest absolute Gasteiger partial charge is 0.339 e. The molecule has 0 aliphatic heterocycles. The molecule has 26 heavy (non-hydrogen) atoms. The van der Waals surface area contributed by atoms with Gasteiger partial charge in [-0.3, -0.25) is 0 Å². The summed E-state index contributed by atoms with van der Waals surface area (Å²) >= 11 is 0. The zero-order valence-corrected chi connectivity index (χ0v) is 15.0. The molecule has 0 heterocycles. The minimum absolute atomic E-state index is 0.0977. The first kappa shape index (κ1) is 15.0. The van der Waals surface area contributed by atoms with Crippen molar-refractivity contribution >= 4 is 16.7 Å². The van der Waals surface area contributed by atoms with Crippen LogP contribution in [0.1, 0.15) is 30.1 Å². The van der Waals surface area contributed by atoms with Crippen molar-refractivity contribution in [3.8, 4) is 0 Å². The van der Waals surface area contributed by atoms with E-state index in [1.807, 2.05) is 30.3 Å². The van der Waals surface area contributed by atoms with Crippen molar-refractivity contribution in [2.75, 3.05) is 0 Å². The zero-order valence-electron chi connectivity index (χ0n) is 15.0. The topological polar surface area (TPSA) is 26.3 Å². The van der Waals surface area contributed by atoms with E-state index < -0.39 is 0 Å². The first-order valence-corrected chi connectivity index (χ1v) is 10.1. The van der Waals surface area contributed by atoms with Gasteiger partial charge in [-0.05, 0) is 65.2 Å². The number of hydrogen-bond donors (Lipinski definition) is 0. The maximum absolute atomic E-state index is 13.1. The van der Waals surface area contributed by atoms with Gasteiger partial charge in [0.1, 0.15) is 6.10 Å². The Morgan fingerprint density at radius 2 is 1.65 bits per heavy atom. The molecule has 8 unspecified atom stereocenters. The van der Waals surface area contributed by atoms with E-state index >= 15 is 0 Å². The Morgan fingerprint density at radius 1 is 0.923 bits per heavy atom. The van der Waals surface area contributed by atoms with Crippen molar-refractivity contribution in [2.45, 2.75) is 25.9 Å². The van der Waals surface area contributed by atoms with Gasteiger partial charge in [0.2, 0.25) is 0 Å². The normalized spacial score (nSPS) is 41.7. The Balaban J connectivity index is 1.30. The number of benzene rings is 2. The zero-order chi connectivity index (χ0) is 17.4. The molecule has 132 valence electrons. The van der Waals surface area contributed by atoms with Gasteiger partial charge in [-0.15, -0.1) is 0 Å². The highest BCUT2D eigenvalue weighted by atomic mass is 16.5. The van der Waals surface area contributed by atoms with Crippen LogP contribution in [-0.4, -0.2) is 12.1 Å². The Labute approximate surface area is 154 Å². The third kappa shape index (κ3) is 1.85. The maximum Gasteiger partial charge on any atom is 0.339 e. The molecule has 0 aromatic heterocycles. The second-order valence-electron chi connectivity index (χ2n) is 8.92. The quantitative estimate of drug-likeness (QED) is 0.431. The Kier molecular flexibility index (Phi) is 3.01. The lowest BCUT2D eigenvalue weighted by Crippen LogP contribution is -2.41. The lowest BCUT2D eigenvalue weighted by Gasteiger charge is -2.40. The summed E-state index contributed by atoms with van der Waals surface area (Å²) in [7, 11) is 0. The fraction of sp³-hybridized carbons (Fsp3) is 0.458. The van der Waals surface area contributed by atoms with E-state index in [-0.39, 0.29) is 12.1 Å². The van der Waals surface area contributed by atoms with Crippen LogP contribution in [0.4, 0.5) is 0 Å². The molecule has 4 aliphatic carbocycles. The number of ether oxygens (including phenoxy) is 1. The van der Waals surface area contributed by atoms with Crippen LogP contribution in [0.5, 0.6) is 0 Å². The Morgan fingerprint density at radius 3 is 2.50 bits per heavy atom. The molecule has 0 spiro atoms. The van der Waals surface area contributed by atoms with Crippen molar-refractivity contribution in [1.82, 2.24) is 0 Å². The molecule has 0 amide bonds. The fourth-order valence-electron chi connectivity index (χ4n) is 7.07. The monoisotopic (exact) mass is 344 g/mol. The predicted molar refractivity (Wildman–Crippen MR) is 102 cm³/mol. The molecule has 3 saturated carbocycles. The average molecular weight is 344 g/mol. The van der Waals surface area contributed by atoms with E-state index in [0.717, 1.165) is 40.4 Å². The van der Waals surface area contributed by atoms with E-state index in [4.69, 9.17) is 4.74 Å². The molecule has 2 aromatic rings. The summed E-state index contributed by atoms with van der Waals surface area (Å²) in [6, 6.07) is 14.0. The number of fused-ring (bicyclic) bond motifs is 10. The van der Waals surface area contributed by atoms with Crippen LogP contribution in [0.15, 0.2) is 54.6 Å². The largest absolute Gasteiger partial charge is 0.458 e. The summed E-state index contributed by atoms with van der Waals surface area (Å²) in [5, 5.41) is 2.10. The van der Waals surface area contributed by atoms with Crippen molar-refractivity contribution in [1.29, 1.82) is 0 Å². The number of rotatable bonds is 2. The van der Waals surface area contributed by atoms with Gasteiger partial charge >= 0.3 is 5.97 Å². The van der Waals surface area contributed by atoms with E-state index in [0.29, 0.717) is 17.4 Å². The van der Waals surface area contributed by atoms with E-state index in [1.165, 1.54) is 12.8 Å². The van der Waals surface area contributed by atoms with Crippen LogP contribution in [0.3, 0.4) is 0 Å². The highest BCUT2D eigenvalue weighted by molar-refractivity contribution is 6.04. The van der Waals surface area contributed by atoms with E-state index in [1.54, 1.807) is 0 Å². The maximum atomic E-state index is 13.1. The van der Waals surface area contributed by atoms with Gasteiger partial charge < -0.3 is 4.74 Å². The van der Waals surface area contributed by atoms with Crippen LogP contribution < -0.4 is 0 Å². The summed E-state index contributed by atoms with van der Waals surface area (Å²) < 4.78 is 6.20. The lowest BCUT2D eigenvalue weighted by molar-refractivity contribution is -0.0275. The summed E-state index contributed by atoms with van der Waals surface area (Å²) in [6.45, 7) is 2.32. The lowest BCUT2D eigenvalue weighted by atomic mass is 9.68. The van der Waals surface area contributed by atoms with Crippen molar-refractivity contribution in [3.05, 3.63) is 60.2 Å². The molecular weight excluding hydrogens is 320 g/mol. The van der Waals surface area contributed by atoms with Crippen LogP contribution in [0, 0.1) is 41.4 Å². The Hall–Kier alpha value is -2.09. The van der Waals surface area contributed by atoms with E-state index in [9.17, 15) is 4.79 Å². The number of carbonyl (C=O) groups is 1. The van der Waals surface area contributed by atoms with Gasteiger partial charge in [0, 0.05) is 5.92 Å². The molecule has 2 heteroatoms. The Bertz CT molecular complexity index is 923. The van der Waals surface area contributed by atoms with Crippen LogP contribution >= 0.6 is 0 Å². The van der Waals surface area contributed by atoms with Crippen LogP contribution in [0.25, 0.3) is 10.8 Å². The van der Waals surface area contributed by atoms with Crippen molar-refractivity contribution in [2.24, 2.45) is 41.4 Å². The third-order valence-electron chi connectivity index (χ3n) is 7.98. The summed E-state index contributed by atoms with van der Waals surface area (Å²) in [6.07, 6.45) is 7.62. The van der Waals surface area contributed by atoms with Gasteiger partial charge in [0.25, 0.3) is 0 Å². The molecule has 6 rings (SSSR count). The molecule has 2 aromatic carbocycles. The molecule has 0 radical (unpaired) electrons. The minimum Gasteiger partial charge on any atom is -0.458 e. The first-order chi connectivity index (χ1) is 12.7. The van der Waals surface area contributed by atoms with Crippen molar-refractivity contribution in [3.63, 3.8) is 0 Å². The van der Waals surface area contributed by atoms with Gasteiger partial charge in [-0.25, -0.2) is 4.79 Å². The summed E-state index contributed by atoms with van der Waals surface area (Å²) in [4.78, 5) is 13.1. The van der Waals surface area contributed by atoms with Crippen LogP contribution in [0.2, 0.25) is 0 Å². The van der Waals surface area contributed by atoms with Gasteiger partial charge in [0.15, 0.2) is 0 Å². The molecule has 4 bridgehead atoms. The molecule has 3 fully saturated rings. The highest BCUT2D eigenvalue weighted by Crippen LogP contribution is 2.67. The molecule has 4 aliphatic rings. The van der Waals surface area contributed by atoms with Gasteiger partial charge in [0.05, 0.1) is 5.56 Å². The van der Waals surface area contributed by atoms with Crippen molar-refractivity contribution < 1.29 is 9.53 Å². The number of allylic oxidation sites excluding steroid dienone is 2. The fourth-order valence-corrected chi connectivity index (χ4v) is 7.07. The average Bonchev–Trinajstić information content (AvgIpc) is 3.41.